The Bertz CT molecular complexity index is 362. The van der Waals surface area contributed by atoms with Gasteiger partial charge >= 0.3 is 0 Å². The Morgan fingerprint density at radius 1 is 1.29 bits per heavy atom. The van der Waals surface area contributed by atoms with Crippen LogP contribution in [0.3, 0.4) is 0 Å². The van der Waals surface area contributed by atoms with Crippen molar-refractivity contribution in [2.75, 3.05) is 12.4 Å². The standard InChI is InChI=1S/C15H23BrO/c1-6-11(10-16)12-7-8-14(17-5)13(9-12)15(2,3)4/h7-9,11H,6,10H2,1-5H3. The number of hydrogen-bond acceptors (Lipinski definition) is 1. The van der Waals surface area contributed by atoms with E-state index in [2.05, 4.69) is 61.8 Å². The van der Waals surface area contributed by atoms with Crippen molar-refractivity contribution in [1.29, 1.82) is 0 Å². The zero-order chi connectivity index (χ0) is 13.1. The fourth-order valence-electron chi connectivity index (χ4n) is 2.00. The number of ether oxygens (including phenoxy) is 1. The van der Waals surface area contributed by atoms with Gasteiger partial charge in [0.25, 0.3) is 0 Å². The molecule has 0 N–H and O–H groups in total. The first-order valence-electron chi connectivity index (χ1n) is 6.18. The maximum absolute atomic E-state index is 5.46. The van der Waals surface area contributed by atoms with Gasteiger partial charge in [-0.15, -0.1) is 0 Å². The first-order chi connectivity index (χ1) is 7.93. The third-order valence-corrected chi connectivity index (χ3v) is 3.96. The van der Waals surface area contributed by atoms with E-state index in [-0.39, 0.29) is 5.41 Å². The van der Waals surface area contributed by atoms with E-state index < -0.39 is 0 Å². The third kappa shape index (κ3) is 3.48. The number of benzene rings is 1. The Morgan fingerprint density at radius 3 is 2.35 bits per heavy atom. The smallest absolute Gasteiger partial charge is 0.122 e. The van der Waals surface area contributed by atoms with Gasteiger partial charge in [-0.3, -0.25) is 0 Å². The van der Waals surface area contributed by atoms with Crippen molar-refractivity contribution < 1.29 is 4.74 Å². The van der Waals surface area contributed by atoms with E-state index in [4.69, 9.17) is 4.74 Å². The lowest BCUT2D eigenvalue weighted by Crippen LogP contribution is -2.14. The largest absolute Gasteiger partial charge is 0.496 e. The van der Waals surface area contributed by atoms with Crippen LogP contribution in [-0.2, 0) is 5.41 Å². The van der Waals surface area contributed by atoms with Crippen LogP contribution in [0.2, 0.25) is 0 Å². The fraction of sp³-hybridized carbons (Fsp3) is 0.600. The molecule has 0 saturated heterocycles. The summed E-state index contributed by atoms with van der Waals surface area (Å²) in [5.74, 6) is 1.58. The van der Waals surface area contributed by atoms with E-state index in [0.29, 0.717) is 5.92 Å². The molecular formula is C15H23BrO. The molecule has 1 unspecified atom stereocenters. The van der Waals surface area contributed by atoms with Crippen LogP contribution in [0.5, 0.6) is 5.75 Å². The van der Waals surface area contributed by atoms with Crippen LogP contribution in [0, 0.1) is 0 Å². The van der Waals surface area contributed by atoms with Crippen molar-refractivity contribution in [3.63, 3.8) is 0 Å². The Balaban J connectivity index is 3.22. The predicted molar refractivity (Wildman–Crippen MR) is 78.5 cm³/mol. The normalized spacial score (nSPS) is 13.5. The molecule has 1 atom stereocenters. The number of rotatable bonds is 4. The summed E-state index contributed by atoms with van der Waals surface area (Å²) < 4.78 is 5.46. The first kappa shape index (κ1) is 14.6. The minimum Gasteiger partial charge on any atom is -0.496 e. The van der Waals surface area contributed by atoms with E-state index in [1.165, 1.54) is 11.1 Å². The van der Waals surface area contributed by atoms with Crippen molar-refractivity contribution in [3.8, 4) is 5.75 Å². The second-order valence-corrected chi connectivity index (χ2v) is 6.12. The summed E-state index contributed by atoms with van der Waals surface area (Å²) in [5.41, 5.74) is 2.80. The summed E-state index contributed by atoms with van der Waals surface area (Å²) in [7, 11) is 1.74. The first-order valence-corrected chi connectivity index (χ1v) is 7.30. The van der Waals surface area contributed by atoms with Gasteiger partial charge in [0.1, 0.15) is 5.75 Å². The number of halogens is 1. The lowest BCUT2D eigenvalue weighted by atomic mass is 9.83. The molecule has 0 aromatic heterocycles. The highest BCUT2D eigenvalue weighted by Gasteiger charge is 2.20. The van der Waals surface area contributed by atoms with Gasteiger partial charge in [0, 0.05) is 5.33 Å². The van der Waals surface area contributed by atoms with Crippen LogP contribution in [0.15, 0.2) is 18.2 Å². The Hall–Kier alpha value is -0.500. The second-order valence-electron chi connectivity index (χ2n) is 5.47. The molecule has 96 valence electrons. The molecule has 0 aliphatic carbocycles. The molecule has 0 fully saturated rings. The van der Waals surface area contributed by atoms with Crippen molar-refractivity contribution in [1.82, 2.24) is 0 Å². The van der Waals surface area contributed by atoms with Crippen LogP contribution in [-0.4, -0.2) is 12.4 Å². The molecule has 0 spiro atoms. The molecule has 17 heavy (non-hydrogen) atoms. The summed E-state index contributed by atoms with van der Waals surface area (Å²) >= 11 is 3.59. The van der Waals surface area contributed by atoms with Gasteiger partial charge in [-0.2, -0.15) is 0 Å². The fourth-order valence-corrected chi connectivity index (χ4v) is 2.83. The van der Waals surface area contributed by atoms with E-state index in [9.17, 15) is 0 Å². The zero-order valence-corrected chi connectivity index (χ0v) is 13.1. The highest BCUT2D eigenvalue weighted by atomic mass is 79.9. The lowest BCUT2D eigenvalue weighted by Gasteiger charge is -2.24. The maximum atomic E-state index is 5.46. The quantitative estimate of drug-likeness (QED) is 0.720. The minimum atomic E-state index is 0.117. The van der Waals surface area contributed by atoms with Crippen LogP contribution in [0.25, 0.3) is 0 Å². The number of hydrogen-bond donors (Lipinski definition) is 0. The highest BCUT2D eigenvalue weighted by Crippen LogP contribution is 2.34. The molecule has 0 saturated carbocycles. The van der Waals surface area contributed by atoms with Gasteiger partial charge < -0.3 is 4.74 Å². The Kier molecular flexibility index (Phi) is 5.05. The van der Waals surface area contributed by atoms with Gasteiger partial charge in [-0.05, 0) is 34.9 Å². The molecule has 0 heterocycles. The molecular weight excluding hydrogens is 276 g/mol. The van der Waals surface area contributed by atoms with Gasteiger partial charge in [0.05, 0.1) is 7.11 Å². The van der Waals surface area contributed by atoms with Crippen molar-refractivity contribution in [2.45, 2.75) is 45.4 Å². The summed E-state index contributed by atoms with van der Waals surface area (Å²) in [6.07, 6.45) is 1.15. The minimum absolute atomic E-state index is 0.117. The number of alkyl halides is 1. The Morgan fingerprint density at radius 2 is 1.94 bits per heavy atom. The van der Waals surface area contributed by atoms with E-state index in [1.54, 1.807) is 7.11 Å². The van der Waals surface area contributed by atoms with Crippen LogP contribution >= 0.6 is 15.9 Å². The van der Waals surface area contributed by atoms with Gasteiger partial charge in [-0.1, -0.05) is 55.8 Å². The molecule has 0 aliphatic heterocycles. The Labute approximate surface area is 114 Å². The SMILES string of the molecule is CCC(CBr)c1ccc(OC)c(C(C)(C)C)c1. The van der Waals surface area contributed by atoms with E-state index in [0.717, 1.165) is 17.5 Å². The molecule has 1 aromatic carbocycles. The molecule has 0 radical (unpaired) electrons. The maximum Gasteiger partial charge on any atom is 0.122 e. The van der Waals surface area contributed by atoms with Gasteiger partial charge in [0.2, 0.25) is 0 Å². The second kappa shape index (κ2) is 5.90. The van der Waals surface area contributed by atoms with Crippen LogP contribution in [0.4, 0.5) is 0 Å². The highest BCUT2D eigenvalue weighted by molar-refractivity contribution is 9.09. The van der Waals surface area contributed by atoms with Gasteiger partial charge in [-0.25, -0.2) is 0 Å². The zero-order valence-electron chi connectivity index (χ0n) is 11.5. The summed E-state index contributed by atoms with van der Waals surface area (Å²) in [5, 5.41) is 1.01. The molecule has 2 heteroatoms. The molecule has 1 aromatic rings. The molecule has 1 rings (SSSR count). The summed E-state index contributed by atoms with van der Waals surface area (Å²) in [6, 6.07) is 6.58. The third-order valence-electron chi connectivity index (χ3n) is 3.18. The summed E-state index contributed by atoms with van der Waals surface area (Å²) in [6.45, 7) is 8.91. The number of methoxy groups -OCH3 is 1. The van der Waals surface area contributed by atoms with Crippen molar-refractivity contribution in [3.05, 3.63) is 29.3 Å². The average Bonchev–Trinajstić information content (AvgIpc) is 2.29. The van der Waals surface area contributed by atoms with Gasteiger partial charge in [0.15, 0.2) is 0 Å². The van der Waals surface area contributed by atoms with Crippen LogP contribution < -0.4 is 4.74 Å². The lowest BCUT2D eigenvalue weighted by molar-refractivity contribution is 0.397. The average molecular weight is 299 g/mol. The van der Waals surface area contributed by atoms with E-state index in [1.807, 2.05) is 0 Å². The molecule has 0 bridgehead atoms. The molecule has 1 nitrogen and oxygen atoms in total. The topological polar surface area (TPSA) is 9.23 Å². The molecule has 0 amide bonds. The molecule has 0 aliphatic rings. The van der Waals surface area contributed by atoms with E-state index >= 15 is 0 Å². The van der Waals surface area contributed by atoms with Crippen LogP contribution in [0.1, 0.15) is 51.2 Å². The predicted octanol–water partition coefficient (Wildman–Crippen LogP) is 4.88. The monoisotopic (exact) mass is 298 g/mol. The van der Waals surface area contributed by atoms with Crippen molar-refractivity contribution >= 4 is 15.9 Å². The summed E-state index contributed by atoms with van der Waals surface area (Å²) in [4.78, 5) is 0. The van der Waals surface area contributed by atoms with Crippen molar-refractivity contribution in [2.24, 2.45) is 0 Å².